The van der Waals surface area contributed by atoms with Crippen molar-refractivity contribution in [3.8, 4) is 0 Å². The van der Waals surface area contributed by atoms with Crippen molar-refractivity contribution in [3.05, 3.63) is 46.1 Å². The fraction of sp³-hybridized carbons (Fsp3) is 0.389. The standard InChI is InChI=1S/C18H20N4O3S/c1-18(2,3)22-16(11-9-26-10-12(11)20-22)19-15(23)8-21-13-6-4-5-7-14(13)25-17(21)24/h4-7H,8-10H2,1-3H3,(H,19,23). The van der Waals surface area contributed by atoms with Gasteiger partial charge in [0.25, 0.3) is 0 Å². The second kappa shape index (κ2) is 6.05. The van der Waals surface area contributed by atoms with E-state index in [2.05, 4.69) is 10.4 Å². The van der Waals surface area contributed by atoms with E-state index in [0.29, 0.717) is 11.1 Å². The van der Waals surface area contributed by atoms with Crippen molar-refractivity contribution < 1.29 is 9.21 Å². The number of fused-ring (bicyclic) bond motifs is 2. The molecule has 0 atom stereocenters. The number of thioether (sulfide) groups is 1. The third-order valence-electron chi connectivity index (χ3n) is 4.32. The topological polar surface area (TPSA) is 82.1 Å². The van der Waals surface area contributed by atoms with Gasteiger partial charge in [0.15, 0.2) is 5.58 Å². The minimum Gasteiger partial charge on any atom is -0.408 e. The average Bonchev–Trinajstić information content (AvgIpc) is 3.22. The van der Waals surface area contributed by atoms with E-state index in [1.54, 1.807) is 30.0 Å². The number of para-hydroxylation sites is 2. The highest BCUT2D eigenvalue weighted by molar-refractivity contribution is 7.98. The highest BCUT2D eigenvalue weighted by Crippen LogP contribution is 2.37. The van der Waals surface area contributed by atoms with Gasteiger partial charge in [-0.25, -0.2) is 9.48 Å². The summed E-state index contributed by atoms with van der Waals surface area (Å²) in [7, 11) is 0. The number of benzene rings is 1. The van der Waals surface area contributed by atoms with Gasteiger partial charge in [-0.15, -0.1) is 0 Å². The molecule has 0 saturated heterocycles. The molecular weight excluding hydrogens is 352 g/mol. The third kappa shape index (κ3) is 2.84. The summed E-state index contributed by atoms with van der Waals surface area (Å²) in [5.41, 5.74) is 2.92. The van der Waals surface area contributed by atoms with Gasteiger partial charge in [0.05, 0.1) is 16.7 Å². The largest absolute Gasteiger partial charge is 0.420 e. The molecule has 0 aliphatic carbocycles. The van der Waals surface area contributed by atoms with Crippen molar-refractivity contribution in [2.75, 3.05) is 5.32 Å². The zero-order valence-corrected chi connectivity index (χ0v) is 15.7. The molecule has 0 bridgehead atoms. The van der Waals surface area contributed by atoms with Crippen LogP contribution in [0.2, 0.25) is 0 Å². The zero-order chi connectivity index (χ0) is 18.5. The van der Waals surface area contributed by atoms with Gasteiger partial charge < -0.3 is 9.73 Å². The molecule has 0 radical (unpaired) electrons. The second-order valence-corrected chi connectivity index (χ2v) is 8.30. The smallest absolute Gasteiger partial charge is 0.408 e. The second-order valence-electron chi connectivity index (χ2n) is 7.32. The minimum atomic E-state index is -0.536. The first-order chi connectivity index (χ1) is 12.3. The van der Waals surface area contributed by atoms with Gasteiger partial charge in [-0.1, -0.05) is 12.1 Å². The van der Waals surface area contributed by atoms with Crippen LogP contribution in [0.15, 0.2) is 33.5 Å². The first-order valence-corrected chi connectivity index (χ1v) is 9.57. The molecule has 0 unspecified atom stereocenters. The summed E-state index contributed by atoms with van der Waals surface area (Å²) in [4.78, 5) is 24.8. The Morgan fingerprint density at radius 3 is 2.85 bits per heavy atom. The number of amides is 1. The number of carbonyl (C=O) groups excluding carboxylic acids is 1. The molecule has 1 amide bonds. The van der Waals surface area contributed by atoms with Gasteiger partial charge in [0, 0.05) is 17.1 Å². The fourth-order valence-electron chi connectivity index (χ4n) is 3.11. The lowest BCUT2D eigenvalue weighted by Gasteiger charge is -2.23. The summed E-state index contributed by atoms with van der Waals surface area (Å²) in [6, 6.07) is 7.08. The molecule has 0 saturated carbocycles. The lowest BCUT2D eigenvalue weighted by atomic mass is 10.1. The van der Waals surface area contributed by atoms with Gasteiger partial charge in [-0.05, 0) is 32.9 Å². The SMILES string of the molecule is CC(C)(C)n1nc2c(c1NC(=O)Cn1c(=O)oc3ccccc31)CSC2. The van der Waals surface area contributed by atoms with E-state index in [0.717, 1.165) is 28.6 Å². The minimum absolute atomic E-state index is 0.104. The summed E-state index contributed by atoms with van der Waals surface area (Å²) < 4.78 is 8.40. The Morgan fingerprint density at radius 1 is 1.31 bits per heavy atom. The van der Waals surface area contributed by atoms with Crippen LogP contribution in [0.5, 0.6) is 0 Å². The van der Waals surface area contributed by atoms with Gasteiger partial charge in [-0.3, -0.25) is 9.36 Å². The third-order valence-corrected chi connectivity index (χ3v) is 5.29. The Morgan fingerprint density at radius 2 is 2.08 bits per heavy atom. The first-order valence-electron chi connectivity index (χ1n) is 8.42. The summed E-state index contributed by atoms with van der Waals surface area (Å²) in [5.74, 6) is 1.60. The van der Waals surface area contributed by atoms with Gasteiger partial charge in [0.2, 0.25) is 5.91 Å². The predicted molar refractivity (Wildman–Crippen MR) is 101 cm³/mol. The molecule has 136 valence electrons. The molecule has 1 aliphatic heterocycles. The number of nitrogens with one attached hydrogen (secondary N) is 1. The highest BCUT2D eigenvalue weighted by Gasteiger charge is 2.29. The Labute approximate surface area is 154 Å². The molecule has 7 nitrogen and oxygen atoms in total. The lowest BCUT2D eigenvalue weighted by Crippen LogP contribution is -2.30. The Kier molecular flexibility index (Phi) is 3.95. The van der Waals surface area contributed by atoms with Gasteiger partial charge >= 0.3 is 5.76 Å². The summed E-state index contributed by atoms with van der Waals surface area (Å²) in [5, 5.41) is 7.65. The van der Waals surface area contributed by atoms with Crippen LogP contribution in [-0.4, -0.2) is 20.3 Å². The number of oxazole rings is 1. The molecule has 0 spiro atoms. The lowest BCUT2D eigenvalue weighted by molar-refractivity contribution is -0.116. The molecule has 26 heavy (non-hydrogen) atoms. The number of hydrogen-bond acceptors (Lipinski definition) is 5. The van der Waals surface area contributed by atoms with E-state index in [4.69, 9.17) is 4.42 Å². The molecule has 4 rings (SSSR count). The van der Waals surface area contributed by atoms with Crippen LogP contribution >= 0.6 is 11.8 Å². The van der Waals surface area contributed by atoms with Crippen molar-refractivity contribution in [2.45, 2.75) is 44.4 Å². The van der Waals surface area contributed by atoms with E-state index in [-0.39, 0.29) is 18.0 Å². The van der Waals surface area contributed by atoms with Crippen molar-refractivity contribution in [1.82, 2.24) is 14.3 Å². The monoisotopic (exact) mass is 372 g/mol. The molecule has 1 aliphatic rings. The molecule has 3 heterocycles. The summed E-state index contributed by atoms with van der Waals surface area (Å²) >= 11 is 1.78. The molecule has 1 aromatic carbocycles. The number of rotatable bonds is 3. The average molecular weight is 372 g/mol. The quantitative estimate of drug-likeness (QED) is 0.764. The van der Waals surface area contributed by atoms with Crippen LogP contribution in [0.1, 0.15) is 32.0 Å². The number of hydrogen-bond donors (Lipinski definition) is 1. The number of carbonyl (C=O) groups is 1. The van der Waals surface area contributed by atoms with E-state index in [1.165, 1.54) is 4.57 Å². The Bertz CT molecular complexity index is 1050. The zero-order valence-electron chi connectivity index (χ0n) is 14.9. The molecular formula is C18H20N4O3S. The maximum atomic E-state index is 12.7. The van der Waals surface area contributed by atoms with Crippen LogP contribution in [0.25, 0.3) is 11.1 Å². The first kappa shape index (κ1) is 17.0. The summed E-state index contributed by atoms with van der Waals surface area (Å²) in [6.45, 7) is 6.04. The van der Waals surface area contributed by atoms with Gasteiger partial charge in [-0.2, -0.15) is 16.9 Å². The van der Waals surface area contributed by atoms with Crippen LogP contribution in [0.4, 0.5) is 5.82 Å². The van der Waals surface area contributed by atoms with E-state index in [1.807, 2.05) is 31.5 Å². The van der Waals surface area contributed by atoms with Crippen molar-refractivity contribution in [2.24, 2.45) is 0 Å². The van der Waals surface area contributed by atoms with Crippen molar-refractivity contribution >= 4 is 34.6 Å². The van der Waals surface area contributed by atoms with Crippen LogP contribution in [0, 0.1) is 0 Å². The maximum absolute atomic E-state index is 12.7. The normalized spacial score (nSPS) is 14.0. The van der Waals surface area contributed by atoms with E-state index >= 15 is 0 Å². The molecule has 8 heteroatoms. The van der Waals surface area contributed by atoms with E-state index in [9.17, 15) is 9.59 Å². The Hall–Kier alpha value is -2.48. The van der Waals surface area contributed by atoms with Crippen LogP contribution in [0.3, 0.4) is 0 Å². The molecule has 3 aromatic rings. The van der Waals surface area contributed by atoms with Gasteiger partial charge in [0.1, 0.15) is 12.4 Å². The highest BCUT2D eigenvalue weighted by atomic mass is 32.2. The Balaban J connectivity index is 1.65. The molecule has 1 N–H and O–H groups in total. The molecule has 2 aromatic heterocycles. The molecule has 0 fully saturated rings. The predicted octanol–water partition coefficient (Wildman–Crippen LogP) is 2.93. The number of nitrogens with zero attached hydrogens (tertiary/aromatic N) is 3. The number of anilines is 1. The van der Waals surface area contributed by atoms with Crippen LogP contribution in [-0.2, 0) is 28.4 Å². The maximum Gasteiger partial charge on any atom is 0.420 e. The number of aromatic nitrogens is 3. The van der Waals surface area contributed by atoms with Crippen molar-refractivity contribution in [3.63, 3.8) is 0 Å². The fourth-order valence-corrected chi connectivity index (χ4v) is 4.14. The van der Waals surface area contributed by atoms with Crippen LogP contribution < -0.4 is 11.1 Å². The van der Waals surface area contributed by atoms with Crippen molar-refractivity contribution in [1.29, 1.82) is 0 Å². The van der Waals surface area contributed by atoms with E-state index < -0.39 is 5.76 Å². The summed E-state index contributed by atoms with van der Waals surface area (Å²) in [6.07, 6.45) is 0.